The lowest BCUT2D eigenvalue weighted by Gasteiger charge is -2.07. The lowest BCUT2D eigenvalue weighted by Crippen LogP contribution is -2.24. The van der Waals surface area contributed by atoms with Crippen molar-refractivity contribution in [1.29, 1.82) is 0 Å². The molecule has 1 aliphatic rings. The lowest BCUT2D eigenvalue weighted by atomic mass is 10.1. The highest BCUT2D eigenvalue weighted by molar-refractivity contribution is 6.21. The van der Waals surface area contributed by atoms with Crippen LogP contribution in [0.2, 0.25) is 0 Å². The van der Waals surface area contributed by atoms with E-state index in [1.807, 2.05) is 0 Å². The van der Waals surface area contributed by atoms with Crippen LogP contribution in [0.25, 0.3) is 0 Å². The molecule has 0 radical (unpaired) electrons. The maximum Gasteiger partial charge on any atom is 0.315 e. The first-order chi connectivity index (χ1) is 11.9. The molecule has 0 saturated carbocycles. The van der Waals surface area contributed by atoms with Crippen molar-refractivity contribution in [3.05, 3.63) is 63.2 Å². The van der Waals surface area contributed by atoms with Crippen LogP contribution in [0.3, 0.4) is 0 Å². The number of nitro benzene ring substituents is 1. The number of aromatic hydroxyl groups is 1. The Balaban J connectivity index is 1.96. The van der Waals surface area contributed by atoms with Gasteiger partial charge in [0.1, 0.15) is 0 Å². The topological polar surface area (TPSA) is 122 Å². The summed E-state index contributed by atoms with van der Waals surface area (Å²) in [7, 11) is 1.24. The number of phenols is 1. The third kappa shape index (κ3) is 2.67. The fourth-order valence-electron chi connectivity index (χ4n) is 2.39. The van der Waals surface area contributed by atoms with E-state index in [0.717, 1.165) is 12.3 Å². The summed E-state index contributed by atoms with van der Waals surface area (Å²) in [6.45, 7) is 0. The van der Waals surface area contributed by atoms with Crippen LogP contribution in [0.4, 0.5) is 5.69 Å². The van der Waals surface area contributed by atoms with E-state index in [1.54, 1.807) is 12.1 Å². The molecule has 0 aliphatic carbocycles. The molecule has 2 aromatic rings. The van der Waals surface area contributed by atoms with Gasteiger partial charge in [0.05, 0.1) is 29.4 Å². The van der Waals surface area contributed by atoms with Crippen LogP contribution in [0.15, 0.2) is 41.5 Å². The van der Waals surface area contributed by atoms with Crippen LogP contribution in [0.5, 0.6) is 11.5 Å². The van der Waals surface area contributed by atoms with Crippen molar-refractivity contribution in [1.82, 2.24) is 5.01 Å². The van der Waals surface area contributed by atoms with Gasteiger partial charge in [0.2, 0.25) is 5.75 Å². The number of phenolic OH excluding ortho intramolecular Hbond substituents is 1. The quantitative estimate of drug-likeness (QED) is 0.392. The first kappa shape index (κ1) is 16.1. The molecule has 9 nitrogen and oxygen atoms in total. The molecular formula is C16H11N3O6. The number of ether oxygens (including phenoxy) is 1. The number of fused-ring (bicyclic) bond motifs is 1. The minimum atomic E-state index is -0.781. The highest BCUT2D eigenvalue weighted by Crippen LogP contribution is 2.36. The van der Waals surface area contributed by atoms with E-state index in [0.29, 0.717) is 5.01 Å². The van der Waals surface area contributed by atoms with Crippen LogP contribution in [-0.4, -0.2) is 40.2 Å². The van der Waals surface area contributed by atoms with E-state index in [4.69, 9.17) is 4.74 Å². The van der Waals surface area contributed by atoms with Crippen molar-refractivity contribution >= 4 is 23.7 Å². The number of hydrazone groups is 1. The molecule has 3 rings (SSSR count). The standard InChI is InChI=1S/C16H11N3O6/c1-25-13-7-9(6-12(14(13)20)19(23)24)8-17-18-15(21)10-4-2-3-5-11(10)16(18)22/h2-8,20H,1H3/b17-8+. The summed E-state index contributed by atoms with van der Waals surface area (Å²) in [5.74, 6) is -1.92. The predicted octanol–water partition coefficient (Wildman–Crippen LogP) is 1.94. The number of carbonyl (C=O) groups is 2. The first-order valence-electron chi connectivity index (χ1n) is 7.01. The van der Waals surface area contributed by atoms with Gasteiger partial charge in [-0.1, -0.05) is 12.1 Å². The van der Waals surface area contributed by atoms with E-state index < -0.39 is 28.2 Å². The Bertz CT molecular complexity index is 902. The fourth-order valence-corrected chi connectivity index (χ4v) is 2.39. The Kier molecular flexibility index (Phi) is 3.89. The predicted molar refractivity (Wildman–Crippen MR) is 85.8 cm³/mol. The number of methoxy groups -OCH3 is 1. The number of benzene rings is 2. The Morgan fingerprint density at radius 1 is 1.20 bits per heavy atom. The molecule has 0 unspecified atom stereocenters. The van der Waals surface area contributed by atoms with Crippen LogP contribution in [0.1, 0.15) is 26.3 Å². The van der Waals surface area contributed by atoms with E-state index in [9.17, 15) is 24.8 Å². The van der Waals surface area contributed by atoms with Gasteiger partial charge in [0.15, 0.2) is 5.75 Å². The van der Waals surface area contributed by atoms with Gasteiger partial charge < -0.3 is 9.84 Å². The van der Waals surface area contributed by atoms with Crippen molar-refractivity contribution in [3.63, 3.8) is 0 Å². The van der Waals surface area contributed by atoms with Crippen molar-refractivity contribution in [2.75, 3.05) is 7.11 Å². The number of nitrogens with zero attached hydrogens (tertiary/aromatic N) is 3. The maximum atomic E-state index is 12.2. The summed E-state index contributed by atoms with van der Waals surface area (Å²) in [5.41, 5.74) is 0.0684. The maximum absolute atomic E-state index is 12.2. The van der Waals surface area contributed by atoms with Gasteiger partial charge in [-0.2, -0.15) is 10.1 Å². The zero-order valence-electron chi connectivity index (χ0n) is 12.9. The first-order valence-corrected chi connectivity index (χ1v) is 7.01. The van der Waals surface area contributed by atoms with Crippen molar-refractivity contribution in [2.24, 2.45) is 5.10 Å². The summed E-state index contributed by atoms with van der Waals surface area (Å²) in [4.78, 5) is 34.6. The molecule has 126 valence electrons. The molecule has 1 aliphatic heterocycles. The molecular weight excluding hydrogens is 330 g/mol. The number of rotatable bonds is 4. The van der Waals surface area contributed by atoms with E-state index in [2.05, 4.69) is 5.10 Å². The molecule has 0 fully saturated rings. The lowest BCUT2D eigenvalue weighted by molar-refractivity contribution is -0.386. The van der Waals surface area contributed by atoms with Gasteiger partial charge in [0.25, 0.3) is 11.8 Å². The summed E-state index contributed by atoms with van der Waals surface area (Å²) < 4.78 is 4.88. The molecule has 2 aromatic carbocycles. The van der Waals surface area contributed by atoms with Crippen LogP contribution >= 0.6 is 0 Å². The Hall–Kier alpha value is -3.75. The molecule has 1 heterocycles. The van der Waals surface area contributed by atoms with Gasteiger partial charge in [-0.25, -0.2) is 0 Å². The molecule has 0 atom stereocenters. The molecule has 0 spiro atoms. The highest BCUT2D eigenvalue weighted by atomic mass is 16.6. The Morgan fingerprint density at radius 2 is 1.80 bits per heavy atom. The molecule has 2 amide bonds. The van der Waals surface area contributed by atoms with Crippen LogP contribution in [0, 0.1) is 10.1 Å². The van der Waals surface area contributed by atoms with Crippen LogP contribution in [-0.2, 0) is 0 Å². The highest BCUT2D eigenvalue weighted by Gasteiger charge is 2.35. The van der Waals surface area contributed by atoms with Gasteiger partial charge in [0, 0.05) is 11.6 Å². The normalized spacial score (nSPS) is 13.4. The van der Waals surface area contributed by atoms with Gasteiger partial charge in [-0.05, 0) is 18.2 Å². The smallest absolute Gasteiger partial charge is 0.315 e. The number of amides is 2. The summed E-state index contributed by atoms with van der Waals surface area (Å²) in [6.07, 6.45) is 1.11. The Labute approximate surface area is 140 Å². The summed E-state index contributed by atoms with van der Waals surface area (Å²) in [5, 5.41) is 25.2. The SMILES string of the molecule is COc1cc(/C=N/N2C(=O)c3ccccc3C2=O)cc([N+](=O)[O-])c1O. The molecule has 0 bridgehead atoms. The monoisotopic (exact) mass is 341 g/mol. The third-order valence-corrected chi connectivity index (χ3v) is 3.59. The second-order valence-corrected chi connectivity index (χ2v) is 5.06. The zero-order valence-corrected chi connectivity index (χ0v) is 12.9. The second-order valence-electron chi connectivity index (χ2n) is 5.06. The molecule has 0 saturated heterocycles. The van der Waals surface area contributed by atoms with E-state index in [-0.39, 0.29) is 22.4 Å². The third-order valence-electron chi connectivity index (χ3n) is 3.59. The minimum Gasteiger partial charge on any atom is -0.500 e. The molecule has 9 heteroatoms. The van der Waals surface area contributed by atoms with E-state index in [1.165, 1.54) is 25.3 Å². The number of hydrogen-bond donors (Lipinski definition) is 1. The second kappa shape index (κ2) is 6.04. The number of hydrogen-bond acceptors (Lipinski definition) is 7. The Morgan fingerprint density at radius 3 is 2.32 bits per heavy atom. The van der Waals surface area contributed by atoms with Crippen molar-refractivity contribution in [2.45, 2.75) is 0 Å². The largest absolute Gasteiger partial charge is 0.500 e. The number of imide groups is 1. The van der Waals surface area contributed by atoms with Gasteiger partial charge in [-0.3, -0.25) is 19.7 Å². The summed E-state index contributed by atoms with van der Waals surface area (Å²) in [6, 6.07) is 8.64. The summed E-state index contributed by atoms with van der Waals surface area (Å²) >= 11 is 0. The van der Waals surface area contributed by atoms with E-state index >= 15 is 0 Å². The number of nitro groups is 1. The van der Waals surface area contributed by atoms with Crippen LogP contribution < -0.4 is 4.74 Å². The minimum absolute atomic E-state index is 0.127. The molecule has 25 heavy (non-hydrogen) atoms. The van der Waals surface area contributed by atoms with Gasteiger partial charge >= 0.3 is 5.69 Å². The average Bonchev–Trinajstić information content (AvgIpc) is 2.85. The zero-order chi connectivity index (χ0) is 18.1. The van der Waals surface area contributed by atoms with Crippen molar-refractivity contribution in [3.8, 4) is 11.5 Å². The fraction of sp³-hybridized carbons (Fsp3) is 0.0625. The molecule has 1 N–H and O–H groups in total. The van der Waals surface area contributed by atoms with Gasteiger partial charge in [-0.15, -0.1) is 0 Å². The number of carbonyl (C=O) groups excluding carboxylic acids is 2. The molecule has 0 aromatic heterocycles. The average molecular weight is 341 g/mol. The van der Waals surface area contributed by atoms with Crippen molar-refractivity contribution < 1.29 is 24.4 Å².